The number of phenolic OH excluding ortho intramolecular Hbond substituents is 1. The second-order valence-electron chi connectivity index (χ2n) is 10.1. The monoisotopic (exact) mass is 521 g/mol. The lowest BCUT2D eigenvalue weighted by molar-refractivity contribution is 0.108. The smallest absolute Gasteiger partial charge is 0.319 e. The summed E-state index contributed by atoms with van der Waals surface area (Å²) in [6.45, 7) is 4.25. The number of hydrogen-bond donors (Lipinski definition) is 3. The van der Waals surface area contributed by atoms with Crippen LogP contribution in [0.3, 0.4) is 0 Å². The zero-order chi connectivity index (χ0) is 26.6. The van der Waals surface area contributed by atoms with E-state index in [1.54, 1.807) is 14.0 Å². The molecule has 0 spiro atoms. The van der Waals surface area contributed by atoms with Gasteiger partial charge in [-0.3, -0.25) is 9.69 Å². The number of phenols is 1. The van der Waals surface area contributed by atoms with E-state index in [9.17, 15) is 14.3 Å². The average molecular weight is 522 g/mol. The first-order chi connectivity index (χ1) is 18.3. The van der Waals surface area contributed by atoms with Crippen LogP contribution in [0.25, 0.3) is 32.9 Å². The molecule has 2 fully saturated rings. The van der Waals surface area contributed by atoms with Crippen LogP contribution in [0.1, 0.15) is 38.2 Å². The summed E-state index contributed by atoms with van der Waals surface area (Å²) in [4.78, 5) is 27.0. The number of hydrogen-bond acceptors (Lipinski definition) is 7. The van der Waals surface area contributed by atoms with Gasteiger partial charge in [0, 0.05) is 12.6 Å². The lowest BCUT2D eigenvalue weighted by Crippen LogP contribution is -2.43. The van der Waals surface area contributed by atoms with Gasteiger partial charge in [0.05, 0.1) is 11.2 Å². The number of rotatable bonds is 6. The minimum atomic E-state index is -0.817. The largest absolute Gasteiger partial charge is 0.508 e. The van der Waals surface area contributed by atoms with Crippen LogP contribution in [0.15, 0.2) is 29.1 Å². The number of aromatic hydroxyl groups is 1. The number of nitrogens with one attached hydrogen (secondary N) is 2. The van der Waals surface area contributed by atoms with E-state index in [1.807, 2.05) is 0 Å². The Morgan fingerprint density at radius 2 is 1.92 bits per heavy atom. The molecule has 2 aliphatic heterocycles. The maximum Gasteiger partial charge on any atom is 0.319 e. The molecule has 0 amide bonds. The van der Waals surface area contributed by atoms with Crippen LogP contribution in [0.5, 0.6) is 11.8 Å². The molecule has 2 aromatic carbocycles. The van der Waals surface area contributed by atoms with E-state index in [-0.39, 0.29) is 45.3 Å². The highest BCUT2D eigenvalue weighted by atomic mass is 19.1. The molecule has 2 saturated heterocycles. The van der Waals surface area contributed by atoms with Crippen LogP contribution in [0.2, 0.25) is 0 Å². The molecule has 4 heterocycles. The average Bonchev–Trinajstić information content (AvgIpc) is 3.49. The molecule has 10 heteroatoms. The molecule has 2 aromatic heterocycles. The number of anilines is 1. The van der Waals surface area contributed by atoms with Crippen molar-refractivity contribution in [3.63, 3.8) is 0 Å². The minimum absolute atomic E-state index is 0.0218. The van der Waals surface area contributed by atoms with Gasteiger partial charge in [-0.2, -0.15) is 9.97 Å². The number of halogens is 2. The number of pyridine rings is 1. The number of fused-ring (bicyclic) bond motifs is 3. The lowest BCUT2D eigenvalue weighted by atomic mass is 9.94. The number of aryl methyl sites for hydroxylation is 1. The highest BCUT2D eigenvalue weighted by molar-refractivity contribution is 6.01. The van der Waals surface area contributed by atoms with Gasteiger partial charge in [0.2, 0.25) is 0 Å². The van der Waals surface area contributed by atoms with Crippen molar-refractivity contribution in [1.29, 1.82) is 0 Å². The summed E-state index contributed by atoms with van der Waals surface area (Å²) in [5.74, 6) is -1.26. The van der Waals surface area contributed by atoms with E-state index >= 15 is 4.39 Å². The Hall–Kier alpha value is -3.79. The molecule has 0 saturated carbocycles. The van der Waals surface area contributed by atoms with Crippen LogP contribution < -0.4 is 15.6 Å². The SMILES string of the molecule is CCc1c(F)ccc2cc(O)cc(-c3[nH]c(=O)c4c(NC)nc(OCC56CCCN5CCC6)nc4c3F)c12. The number of H-pyrrole nitrogens is 1. The maximum atomic E-state index is 16.3. The Bertz CT molecular complexity index is 1630. The molecule has 0 aliphatic carbocycles. The predicted octanol–water partition coefficient (Wildman–Crippen LogP) is 4.73. The van der Waals surface area contributed by atoms with Gasteiger partial charge in [-0.1, -0.05) is 13.0 Å². The van der Waals surface area contributed by atoms with E-state index in [1.165, 1.54) is 24.3 Å². The molecule has 198 valence electrons. The molecular weight excluding hydrogens is 492 g/mol. The van der Waals surface area contributed by atoms with Gasteiger partial charge in [-0.15, -0.1) is 0 Å². The Morgan fingerprint density at radius 1 is 1.16 bits per heavy atom. The van der Waals surface area contributed by atoms with Crippen LogP contribution in [-0.2, 0) is 6.42 Å². The number of ether oxygens (including phenoxy) is 1. The van der Waals surface area contributed by atoms with E-state index in [2.05, 4.69) is 25.2 Å². The van der Waals surface area contributed by atoms with Gasteiger partial charge in [0.15, 0.2) is 5.82 Å². The predicted molar refractivity (Wildman–Crippen MR) is 142 cm³/mol. The highest BCUT2D eigenvalue weighted by Crippen LogP contribution is 2.40. The molecular formula is C28H29F2N5O3. The molecule has 4 aromatic rings. The van der Waals surface area contributed by atoms with Crippen molar-refractivity contribution in [3.05, 3.63) is 51.8 Å². The van der Waals surface area contributed by atoms with Crippen molar-refractivity contribution in [1.82, 2.24) is 19.9 Å². The van der Waals surface area contributed by atoms with Crippen molar-refractivity contribution in [2.75, 3.05) is 32.1 Å². The fourth-order valence-corrected chi connectivity index (χ4v) is 6.30. The maximum absolute atomic E-state index is 16.3. The Balaban J connectivity index is 1.52. The second kappa shape index (κ2) is 9.20. The van der Waals surface area contributed by atoms with Crippen molar-refractivity contribution in [2.24, 2.45) is 0 Å². The molecule has 0 radical (unpaired) electrons. The molecule has 0 unspecified atom stereocenters. The number of aromatic amines is 1. The minimum Gasteiger partial charge on any atom is -0.508 e. The van der Waals surface area contributed by atoms with Crippen LogP contribution in [-0.4, -0.2) is 57.2 Å². The van der Waals surface area contributed by atoms with Crippen molar-refractivity contribution in [3.8, 4) is 23.0 Å². The van der Waals surface area contributed by atoms with E-state index in [4.69, 9.17) is 4.74 Å². The van der Waals surface area contributed by atoms with Gasteiger partial charge >= 0.3 is 6.01 Å². The van der Waals surface area contributed by atoms with Crippen LogP contribution in [0, 0.1) is 11.6 Å². The molecule has 6 rings (SSSR count). The summed E-state index contributed by atoms with van der Waals surface area (Å²) in [5.41, 5.74) is -0.543. The Morgan fingerprint density at radius 3 is 2.63 bits per heavy atom. The van der Waals surface area contributed by atoms with Crippen molar-refractivity contribution < 1.29 is 18.6 Å². The van der Waals surface area contributed by atoms with E-state index in [0.29, 0.717) is 29.4 Å². The van der Waals surface area contributed by atoms with Gasteiger partial charge in [0.25, 0.3) is 5.56 Å². The topological polar surface area (TPSA) is 103 Å². The summed E-state index contributed by atoms with van der Waals surface area (Å²) in [6.07, 6.45) is 4.60. The number of benzene rings is 2. The molecule has 0 bridgehead atoms. The molecule has 38 heavy (non-hydrogen) atoms. The van der Waals surface area contributed by atoms with Crippen LogP contribution >= 0.6 is 0 Å². The Labute approximate surface area is 217 Å². The summed E-state index contributed by atoms with van der Waals surface area (Å²) < 4.78 is 37.0. The summed E-state index contributed by atoms with van der Waals surface area (Å²) in [7, 11) is 1.59. The third-order valence-corrected chi connectivity index (χ3v) is 8.08. The third-order valence-electron chi connectivity index (χ3n) is 8.08. The normalized spacial score (nSPS) is 16.8. The zero-order valence-corrected chi connectivity index (χ0v) is 21.3. The quantitative estimate of drug-likeness (QED) is 0.337. The summed E-state index contributed by atoms with van der Waals surface area (Å²) in [5, 5.41) is 14.1. The summed E-state index contributed by atoms with van der Waals surface area (Å²) in [6, 6.07) is 5.62. The fraction of sp³-hybridized carbons (Fsp3) is 0.393. The molecule has 2 aliphatic rings. The van der Waals surface area contributed by atoms with Gasteiger partial charge in [-0.25, -0.2) is 8.78 Å². The standard InChI is InChI=1S/C28H29F2N5O3/c1-3-17-19(29)7-6-15-12-16(36)13-18(20(15)17)23-22(30)24-21(26(37)32-23)25(31-2)34-27(33-24)38-14-28-8-4-10-35(28)11-5-9-28/h6-7,12-13,36H,3-5,8-11,14H2,1-2H3,(H,32,37)(H,31,33,34). The van der Waals surface area contributed by atoms with Crippen LogP contribution in [0.4, 0.5) is 14.6 Å². The van der Waals surface area contributed by atoms with Crippen molar-refractivity contribution in [2.45, 2.75) is 44.6 Å². The first kappa shape index (κ1) is 24.5. The molecule has 8 nitrogen and oxygen atoms in total. The fourth-order valence-electron chi connectivity index (χ4n) is 6.30. The van der Waals surface area contributed by atoms with Gasteiger partial charge < -0.3 is 20.1 Å². The summed E-state index contributed by atoms with van der Waals surface area (Å²) >= 11 is 0. The molecule has 3 N–H and O–H groups in total. The van der Waals surface area contributed by atoms with Gasteiger partial charge in [0.1, 0.15) is 34.9 Å². The zero-order valence-electron chi connectivity index (χ0n) is 21.3. The number of aromatic nitrogens is 3. The first-order valence-corrected chi connectivity index (χ1v) is 13.0. The van der Waals surface area contributed by atoms with E-state index < -0.39 is 17.2 Å². The highest BCUT2D eigenvalue weighted by Gasteiger charge is 2.45. The van der Waals surface area contributed by atoms with Gasteiger partial charge in [-0.05, 0) is 79.7 Å². The lowest BCUT2D eigenvalue weighted by Gasteiger charge is -2.31. The Kier molecular flexibility index (Phi) is 5.94. The second-order valence-corrected chi connectivity index (χ2v) is 10.1. The van der Waals surface area contributed by atoms with E-state index in [0.717, 1.165) is 38.8 Å². The van der Waals surface area contributed by atoms with Crippen molar-refractivity contribution >= 4 is 27.5 Å². The third kappa shape index (κ3) is 3.77. The first-order valence-electron chi connectivity index (χ1n) is 13.0. The molecule has 0 atom stereocenters. The number of nitrogens with zero attached hydrogens (tertiary/aromatic N) is 3.